The van der Waals surface area contributed by atoms with Gasteiger partial charge in [-0.05, 0) is 42.5 Å². The number of nitrogens with one attached hydrogen (secondary N) is 1. The monoisotopic (exact) mass is 445 g/mol. The number of esters is 1. The molecule has 4 rings (SSSR count). The van der Waals surface area contributed by atoms with Crippen LogP contribution in [0.15, 0.2) is 66.7 Å². The number of carbonyl (C=O) groups excluding carboxylic acids is 4. The predicted molar refractivity (Wildman–Crippen MR) is 116 cm³/mol. The second-order valence-corrected chi connectivity index (χ2v) is 7.06. The second-order valence-electron chi connectivity index (χ2n) is 7.06. The van der Waals surface area contributed by atoms with E-state index < -0.39 is 28.6 Å². The summed E-state index contributed by atoms with van der Waals surface area (Å²) in [5, 5.41) is 13.4. The van der Waals surface area contributed by atoms with Crippen LogP contribution in [0.1, 0.15) is 38.0 Å². The van der Waals surface area contributed by atoms with Crippen LogP contribution in [0.3, 0.4) is 0 Å². The first-order chi connectivity index (χ1) is 15.7. The van der Waals surface area contributed by atoms with Crippen molar-refractivity contribution in [2.45, 2.75) is 6.92 Å². The van der Waals surface area contributed by atoms with E-state index in [4.69, 9.17) is 4.74 Å². The molecule has 3 aromatic rings. The number of non-ortho nitro benzene ring substituents is 1. The van der Waals surface area contributed by atoms with E-state index in [2.05, 4.69) is 5.32 Å². The van der Waals surface area contributed by atoms with Gasteiger partial charge in [0.05, 0.1) is 21.7 Å². The lowest BCUT2D eigenvalue weighted by Gasteiger charge is -2.14. The Morgan fingerprint density at radius 2 is 1.64 bits per heavy atom. The Kier molecular flexibility index (Phi) is 5.41. The summed E-state index contributed by atoms with van der Waals surface area (Å²) in [6.07, 6.45) is 0. The van der Waals surface area contributed by atoms with Crippen molar-refractivity contribution < 1.29 is 28.8 Å². The summed E-state index contributed by atoms with van der Waals surface area (Å²) in [5.41, 5.74) is 0.800. The van der Waals surface area contributed by atoms with Gasteiger partial charge in [-0.15, -0.1) is 0 Å². The molecule has 0 bridgehead atoms. The number of hydrogen-bond donors (Lipinski definition) is 1. The molecule has 1 N–H and O–H groups in total. The molecule has 0 spiro atoms. The van der Waals surface area contributed by atoms with E-state index in [-0.39, 0.29) is 39.5 Å². The lowest BCUT2D eigenvalue weighted by atomic mass is 10.1. The van der Waals surface area contributed by atoms with Gasteiger partial charge in [-0.1, -0.05) is 6.07 Å². The highest BCUT2D eigenvalue weighted by atomic mass is 16.6. The summed E-state index contributed by atoms with van der Waals surface area (Å²) < 4.78 is 5.01. The summed E-state index contributed by atoms with van der Waals surface area (Å²) >= 11 is 0. The van der Waals surface area contributed by atoms with E-state index >= 15 is 0 Å². The fraction of sp³-hybridized carbons (Fsp3) is 0.0435. The SMILES string of the molecule is CC(=O)Oc1cccc(N2C(=O)c3ccc(NC(=O)c4ccc([N+](=O)[O-])cc4)cc3C2=O)c1. The third-order valence-corrected chi connectivity index (χ3v) is 4.82. The number of nitro benzene ring substituents is 1. The van der Waals surface area contributed by atoms with Gasteiger partial charge in [0.15, 0.2) is 0 Å². The van der Waals surface area contributed by atoms with Gasteiger partial charge in [0, 0.05) is 36.4 Å². The molecule has 3 amide bonds. The van der Waals surface area contributed by atoms with E-state index in [0.29, 0.717) is 0 Å². The summed E-state index contributed by atoms with van der Waals surface area (Å²) in [4.78, 5) is 60.6. The predicted octanol–water partition coefficient (Wildman–Crippen LogP) is 3.57. The number of hydrogen-bond acceptors (Lipinski definition) is 7. The fourth-order valence-corrected chi connectivity index (χ4v) is 3.34. The van der Waals surface area contributed by atoms with Crippen LogP contribution >= 0.6 is 0 Å². The number of anilines is 2. The highest BCUT2D eigenvalue weighted by molar-refractivity contribution is 6.34. The number of imide groups is 1. The topological polar surface area (TPSA) is 136 Å². The highest BCUT2D eigenvalue weighted by Gasteiger charge is 2.37. The van der Waals surface area contributed by atoms with Crippen molar-refractivity contribution in [2.75, 3.05) is 10.2 Å². The zero-order chi connectivity index (χ0) is 23.7. The van der Waals surface area contributed by atoms with Gasteiger partial charge in [0.25, 0.3) is 23.4 Å². The number of benzene rings is 3. The number of amides is 3. The molecule has 1 heterocycles. The summed E-state index contributed by atoms with van der Waals surface area (Å²) in [7, 11) is 0. The first-order valence-electron chi connectivity index (χ1n) is 9.62. The Morgan fingerprint density at radius 3 is 2.30 bits per heavy atom. The Hall–Kier alpha value is -4.86. The van der Waals surface area contributed by atoms with Gasteiger partial charge in [0.1, 0.15) is 5.75 Å². The maximum atomic E-state index is 13.0. The molecule has 0 aliphatic carbocycles. The lowest BCUT2D eigenvalue weighted by molar-refractivity contribution is -0.384. The smallest absolute Gasteiger partial charge is 0.308 e. The number of fused-ring (bicyclic) bond motifs is 1. The molecule has 0 saturated carbocycles. The Balaban J connectivity index is 1.57. The molecule has 10 nitrogen and oxygen atoms in total. The Bertz CT molecular complexity index is 1330. The zero-order valence-electron chi connectivity index (χ0n) is 17.1. The lowest BCUT2D eigenvalue weighted by Crippen LogP contribution is -2.29. The summed E-state index contributed by atoms with van der Waals surface area (Å²) in [6.45, 7) is 1.24. The van der Waals surface area contributed by atoms with Gasteiger partial charge in [0.2, 0.25) is 0 Å². The molecular weight excluding hydrogens is 430 g/mol. The molecule has 1 aliphatic rings. The second kappa shape index (κ2) is 8.35. The third kappa shape index (κ3) is 4.17. The van der Waals surface area contributed by atoms with E-state index in [1.54, 1.807) is 6.07 Å². The van der Waals surface area contributed by atoms with Crippen molar-refractivity contribution in [2.24, 2.45) is 0 Å². The standard InChI is InChI=1S/C23H15N3O7/c1-13(27)33-18-4-2-3-17(12-18)25-22(29)19-10-7-15(11-20(19)23(25)30)24-21(28)14-5-8-16(9-6-14)26(31)32/h2-12H,1H3,(H,24,28). The van der Waals surface area contributed by atoms with Crippen molar-refractivity contribution in [3.8, 4) is 5.75 Å². The Labute approximate surface area is 186 Å². The van der Waals surface area contributed by atoms with Crippen molar-refractivity contribution in [3.05, 3.63) is 93.5 Å². The molecule has 3 aromatic carbocycles. The third-order valence-electron chi connectivity index (χ3n) is 4.82. The molecule has 0 atom stereocenters. The largest absolute Gasteiger partial charge is 0.427 e. The van der Waals surface area contributed by atoms with Crippen LogP contribution < -0.4 is 15.0 Å². The fourth-order valence-electron chi connectivity index (χ4n) is 3.34. The number of carbonyl (C=O) groups is 4. The molecule has 0 unspecified atom stereocenters. The normalized spacial score (nSPS) is 12.3. The minimum Gasteiger partial charge on any atom is -0.427 e. The van der Waals surface area contributed by atoms with Crippen molar-refractivity contribution in [1.82, 2.24) is 0 Å². The van der Waals surface area contributed by atoms with Crippen molar-refractivity contribution >= 4 is 40.8 Å². The number of nitro groups is 1. The maximum Gasteiger partial charge on any atom is 0.308 e. The molecular formula is C23H15N3O7. The minimum atomic E-state index is -0.596. The van der Waals surface area contributed by atoms with Crippen LogP contribution in [0.25, 0.3) is 0 Å². The van der Waals surface area contributed by atoms with Gasteiger partial charge in [-0.25, -0.2) is 4.90 Å². The summed E-state index contributed by atoms with van der Waals surface area (Å²) in [6, 6.07) is 15.3. The summed E-state index contributed by atoms with van der Waals surface area (Å²) in [5.74, 6) is -2.03. The quantitative estimate of drug-likeness (QED) is 0.208. The van der Waals surface area contributed by atoms with E-state index in [0.717, 1.165) is 4.90 Å². The molecule has 33 heavy (non-hydrogen) atoms. The van der Waals surface area contributed by atoms with Crippen molar-refractivity contribution in [3.63, 3.8) is 0 Å². The molecule has 10 heteroatoms. The highest BCUT2D eigenvalue weighted by Crippen LogP contribution is 2.32. The maximum absolute atomic E-state index is 13.0. The molecule has 0 saturated heterocycles. The zero-order valence-corrected chi connectivity index (χ0v) is 17.1. The first kappa shape index (κ1) is 21.4. The Morgan fingerprint density at radius 1 is 0.939 bits per heavy atom. The number of nitrogens with zero attached hydrogens (tertiary/aromatic N) is 2. The molecule has 0 fully saturated rings. The van der Waals surface area contributed by atoms with Gasteiger partial charge in [-0.3, -0.25) is 29.3 Å². The average Bonchev–Trinajstić information content (AvgIpc) is 3.03. The van der Waals surface area contributed by atoms with Crippen LogP contribution in [0.2, 0.25) is 0 Å². The molecule has 0 radical (unpaired) electrons. The molecule has 1 aliphatic heterocycles. The number of ether oxygens (including phenoxy) is 1. The molecule has 0 aromatic heterocycles. The molecule has 164 valence electrons. The van der Waals surface area contributed by atoms with Crippen molar-refractivity contribution in [1.29, 1.82) is 0 Å². The van der Waals surface area contributed by atoms with Gasteiger partial charge >= 0.3 is 5.97 Å². The van der Waals surface area contributed by atoms with Crippen LogP contribution in [0.4, 0.5) is 17.1 Å². The van der Waals surface area contributed by atoms with E-state index in [1.807, 2.05) is 0 Å². The minimum absolute atomic E-state index is 0.0967. The van der Waals surface area contributed by atoms with Crippen LogP contribution in [0, 0.1) is 10.1 Å². The number of rotatable bonds is 5. The van der Waals surface area contributed by atoms with Crippen LogP contribution in [-0.4, -0.2) is 28.6 Å². The van der Waals surface area contributed by atoms with Gasteiger partial charge in [-0.2, -0.15) is 0 Å². The van der Waals surface area contributed by atoms with E-state index in [9.17, 15) is 29.3 Å². The van der Waals surface area contributed by atoms with Crippen LogP contribution in [0.5, 0.6) is 5.75 Å². The van der Waals surface area contributed by atoms with Gasteiger partial charge < -0.3 is 10.1 Å². The van der Waals surface area contributed by atoms with Crippen LogP contribution in [-0.2, 0) is 4.79 Å². The van der Waals surface area contributed by atoms with E-state index in [1.165, 1.54) is 67.6 Å². The first-order valence-corrected chi connectivity index (χ1v) is 9.62. The average molecular weight is 445 g/mol.